The molecule has 0 saturated carbocycles. The molecule has 0 spiro atoms. The van der Waals surface area contributed by atoms with Crippen molar-refractivity contribution in [3.63, 3.8) is 0 Å². The van der Waals surface area contributed by atoms with Gasteiger partial charge in [0.05, 0.1) is 30.6 Å². The maximum atomic E-state index is 5.72. The lowest BCUT2D eigenvalue weighted by Gasteiger charge is -2.27. The fourth-order valence-electron chi connectivity index (χ4n) is 4.10. The zero-order chi connectivity index (χ0) is 19.0. The molecule has 140 valence electrons. The molecule has 1 fully saturated rings. The van der Waals surface area contributed by atoms with Crippen LogP contribution >= 0.6 is 12.2 Å². The molecule has 2 atom stereocenters. The van der Waals surface area contributed by atoms with E-state index in [0.717, 1.165) is 23.1 Å². The average molecular weight is 381 g/mol. The largest absolute Gasteiger partial charge is 0.467 e. The first-order valence-corrected chi connectivity index (χ1v) is 9.68. The van der Waals surface area contributed by atoms with Crippen molar-refractivity contribution in [2.75, 3.05) is 0 Å². The number of aromatic nitrogens is 2. The quantitative estimate of drug-likeness (QED) is 0.669. The normalized spacial score (nSPS) is 19.5. The fraction of sp³-hybridized carbons (Fsp3) is 0.333. The second-order valence-electron chi connectivity index (χ2n) is 6.90. The first kappa shape index (κ1) is 17.8. The molecule has 0 aromatic carbocycles. The zero-order valence-electron chi connectivity index (χ0n) is 15.8. The zero-order valence-corrected chi connectivity index (χ0v) is 16.7. The Bertz CT molecular complexity index is 933. The molecule has 27 heavy (non-hydrogen) atoms. The van der Waals surface area contributed by atoms with Gasteiger partial charge in [0.1, 0.15) is 5.76 Å². The molecule has 0 bridgehead atoms. The van der Waals surface area contributed by atoms with Crippen molar-refractivity contribution in [1.29, 1.82) is 0 Å². The molecular weight excluding hydrogens is 356 g/mol. The smallest absolute Gasteiger partial charge is 0.170 e. The minimum Gasteiger partial charge on any atom is -0.467 e. The molecule has 1 aliphatic rings. The van der Waals surface area contributed by atoms with Crippen LogP contribution in [0.2, 0.25) is 0 Å². The summed E-state index contributed by atoms with van der Waals surface area (Å²) in [6.07, 6.45) is 3.54. The van der Waals surface area contributed by atoms with Gasteiger partial charge in [-0.25, -0.2) is 0 Å². The van der Waals surface area contributed by atoms with Gasteiger partial charge in [-0.15, -0.1) is 0 Å². The Hall–Kier alpha value is -2.60. The van der Waals surface area contributed by atoms with Crippen LogP contribution < -0.4 is 5.32 Å². The van der Waals surface area contributed by atoms with Gasteiger partial charge in [0, 0.05) is 24.1 Å². The summed E-state index contributed by atoms with van der Waals surface area (Å²) in [4.78, 5) is 6.82. The van der Waals surface area contributed by atoms with Crippen LogP contribution in [0, 0.1) is 13.8 Å². The Morgan fingerprint density at radius 1 is 1.22 bits per heavy atom. The van der Waals surface area contributed by atoms with Crippen LogP contribution in [0.3, 0.4) is 0 Å². The number of furan rings is 1. The van der Waals surface area contributed by atoms with E-state index in [1.807, 2.05) is 30.5 Å². The van der Waals surface area contributed by atoms with Crippen molar-refractivity contribution in [3.05, 3.63) is 77.3 Å². The van der Waals surface area contributed by atoms with Gasteiger partial charge in [-0.3, -0.25) is 4.98 Å². The third-order valence-electron chi connectivity index (χ3n) is 5.35. The highest BCUT2D eigenvalue weighted by Gasteiger charge is 2.41. The van der Waals surface area contributed by atoms with Crippen molar-refractivity contribution in [1.82, 2.24) is 19.8 Å². The maximum Gasteiger partial charge on any atom is 0.170 e. The van der Waals surface area contributed by atoms with Gasteiger partial charge in [0.15, 0.2) is 5.11 Å². The molecule has 1 N–H and O–H groups in total. The summed E-state index contributed by atoms with van der Waals surface area (Å²) in [6, 6.07) is 12.3. The Kier molecular flexibility index (Phi) is 4.74. The molecule has 0 unspecified atom stereocenters. The van der Waals surface area contributed by atoms with Gasteiger partial charge >= 0.3 is 0 Å². The summed E-state index contributed by atoms with van der Waals surface area (Å²) in [6.45, 7) is 8.11. The maximum absolute atomic E-state index is 5.72. The lowest BCUT2D eigenvalue weighted by molar-refractivity contribution is 0.286. The van der Waals surface area contributed by atoms with E-state index in [9.17, 15) is 0 Å². The molecule has 0 radical (unpaired) electrons. The summed E-state index contributed by atoms with van der Waals surface area (Å²) >= 11 is 5.72. The van der Waals surface area contributed by atoms with Crippen LogP contribution in [0.15, 0.2) is 53.3 Å². The van der Waals surface area contributed by atoms with Gasteiger partial charge in [0.25, 0.3) is 0 Å². The van der Waals surface area contributed by atoms with Crippen LogP contribution in [0.1, 0.15) is 47.4 Å². The van der Waals surface area contributed by atoms with Crippen molar-refractivity contribution >= 4 is 17.3 Å². The highest BCUT2D eigenvalue weighted by atomic mass is 32.1. The third kappa shape index (κ3) is 3.14. The van der Waals surface area contributed by atoms with Crippen LogP contribution in [0.5, 0.6) is 0 Å². The second-order valence-corrected chi connectivity index (χ2v) is 7.29. The first-order chi connectivity index (χ1) is 13.1. The number of thiocarbonyl (C=S) groups is 1. The third-order valence-corrected chi connectivity index (χ3v) is 5.70. The molecule has 6 heteroatoms. The minimum absolute atomic E-state index is 0.000492. The van der Waals surface area contributed by atoms with E-state index >= 15 is 0 Å². The van der Waals surface area contributed by atoms with Crippen molar-refractivity contribution < 1.29 is 4.42 Å². The van der Waals surface area contributed by atoms with Gasteiger partial charge in [-0.2, -0.15) is 0 Å². The van der Waals surface area contributed by atoms with Gasteiger partial charge < -0.3 is 19.2 Å². The molecule has 1 aliphatic heterocycles. The number of nitrogens with one attached hydrogen (secondary N) is 1. The number of hydrogen-bond acceptors (Lipinski definition) is 3. The van der Waals surface area contributed by atoms with E-state index in [0.29, 0.717) is 6.54 Å². The Balaban J connectivity index is 1.80. The van der Waals surface area contributed by atoms with Crippen molar-refractivity contribution in [2.45, 2.75) is 45.9 Å². The molecule has 0 aliphatic carbocycles. The molecular formula is C21H24N4OS. The Labute approximate surface area is 165 Å². The van der Waals surface area contributed by atoms with E-state index in [2.05, 4.69) is 52.7 Å². The number of aryl methyl sites for hydroxylation is 1. The van der Waals surface area contributed by atoms with Crippen molar-refractivity contribution in [2.24, 2.45) is 0 Å². The van der Waals surface area contributed by atoms with Crippen LogP contribution in [0.25, 0.3) is 0 Å². The van der Waals surface area contributed by atoms with E-state index in [1.54, 1.807) is 6.26 Å². The fourth-order valence-corrected chi connectivity index (χ4v) is 4.40. The lowest BCUT2D eigenvalue weighted by atomic mass is 9.96. The van der Waals surface area contributed by atoms with E-state index < -0.39 is 0 Å². The summed E-state index contributed by atoms with van der Waals surface area (Å²) in [7, 11) is 0. The van der Waals surface area contributed by atoms with E-state index in [-0.39, 0.29) is 12.1 Å². The lowest BCUT2D eigenvalue weighted by Crippen LogP contribution is -2.29. The standard InChI is InChI=1S/C21H24N4OS/c1-4-24-14(2)12-17(15(24)3)20-19(18-9-5-6-10-22-18)23-21(27)25(20)13-16-8-7-11-26-16/h5-12,19-20H,4,13H2,1-3H3,(H,23,27)/t19-,20+/m0/s1. The Morgan fingerprint density at radius 2 is 2.07 bits per heavy atom. The average Bonchev–Trinajstić information content (AvgIpc) is 3.36. The molecule has 3 aromatic rings. The molecule has 1 saturated heterocycles. The molecule has 4 rings (SSSR count). The van der Waals surface area contributed by atoms with E-state index in [4.69, 9.17) is 16.6 Å². The predicted octanol–water partition coefficient (Wildman–Crippen LogP) is 4.29. The number of pyridine rings is 1. The second kappa shape index (κ2) is 7.19. The van der Waals surface area contributed by atoms with Crippen molar-refractivity contribution in [3.8, 4) is 0 Å². The summed E-state index contributed by atoms with van der Waals surface area (Å²) < 4.78 is 7.94. The highest BCUT2D eigenvalue weighted by Crippen LogP contribution is 2.41. The summed E-state index contributed by atoms with van der Waals surface area (Å²) in [5.41, 5.74) is 4.81. The predicted molar refractivity (Wildman–Crippen MR) is 109 cm³/mol. The number of nitrogens with zero attached hydrogens (tertiary/aromatic N) is 3. The molecule has 3 aromatic heterocycles. The minimum atomic E-state index is -0.000492. The number of rotatable bonds is 5. The number of hydrogen-bond donors (Lipinski definition) is 1. The summed E-state index contributed by atoms with van der Waals surface area (Å²) in [5, 5.41) is 4.23. The van der Waals surface area contributed by atoms with Gasteiger partial charge in [-0.05, 0) is 68.9 Å². The summed E-state index contributed by atoms with van der Waals surface area (Å²) in [5.74, 6) is 0.898. The SMILES string of the molecule is CCn1c(C)cc([C@@H]2[C@H](c3ccccn3)NC(=S)N2Cc2ccco2)c1C. The molecule has 0 amide bonds. The molecule has 5 nitrogen and oxygen atoms in total. The monoisotopic (exact) mass is 380 g/mol. The topological polar surface area (TPSA) is 46.2 Å². The van der Waals surface area contributed by atoms with Gasteiger partial charge in [-0.1, -0.05) is 6.07 Å². The van der Waals surface area contributed by atoms with Crippen LogP contribution in [-0.4, -0.2) is 19.6 Å². The first-order valence-electron chi connectivity index (χ1n) is 9.27. The van der Waals surface area contributed by atoms with Crippen LogP contribution in [-0.2, 0) is 13.1 Å². The van der Waals surface area contributed by atoms with Gasteiger partial charge in [0.2, 0.25) is 0 Å². The molecule has 4 heterocycles. The highest BCUT2D eigenvalue weighted by molar-refractivity contribution is 7.80. The van der Waals surface area contributed by atoms with E-state index in [1.165, 1.54) is 17.0 Å². The Morgan fingerprint density at radius 3 is 2.70 bits per heavy atom. The van der Waals surface area contributed by atoms with Crippen LogP contribution in [0.4, 0.5) is 0 Å².